The highest BCUT2D eigenvalue weighted by atomic mass is 16.5. The number of methoxy groups -OCH3 is 1. The van der Waals surface area contributed by atoms with Gasteiger partial charge in [0, 0.05) is 56.6 Å². The highest BCUT2D eigenvalue weighted by molar-refractivity contribution is 6.09. The number of nitrogens with two attached hydrogens (primary N) is 1. The number of carboxylic acid groups (broad SMARTS) is 1. The smallest absolute Gasteiger partial charge is 0.303 e. The number of carbonyl (C=O) groups is 2. The van der Waals surface area contributed by atoms with Crippen molar-refractivity contribution >= 4 is 18.0 Å². The number of aryl methyl sites for hydroxylation is 1. The van der Waals surface area contributed by atoms with E-state index in [1.807, 2.05) is 48.7 Å². The molecule has 2 aromatic carbocycles. The van der Waals surface area contributed by atoms with Crippen LogP contribution >= 0.6 is 0 Å². The van der Waals surface area contributed by atoms with Crippen molar-refractivity contribution in [1.82, 2.24) is 9.91 Å². The van der Waals surface area contributed by atoms with Gasteiger partial charge in [-0.1, -0.05) is 36.4 Å². The lowest BCUT2D eigenvalue weighted by atomic mass is 9.66. The maximum atomic E-state index is 13.2. The number of ether oxygens (including phenoxy) is 1. The molecule has 8 heteroatoms. The predicted molar refractivity (Wildman–Crippen MR) is 139 cm³/mol. The first-order valence-electron chi connectivity index (χ1n) is 12.6. The van der Waals surface area contributed by atoms with Crippen LogP contribution in [0, 0.1) is 5.92 Å². The third kappa shape index (κ3) is 5.83. The van der Waals surface area contributed by atoms with Crippen molar-refractivity contribution in [2.75, 3.05) is 46.9 Å². The third-order valence-corrected chi connectivity index (χ3v) is 7.52. The van der Waals surface area contributed by atoms with E-state index in [9.17, 15) is 14.7 Å². The van der Waals surface area contributed by atoms with Gasteiger partial charge in [-0.2, -0.15) is 5.10 Å². The van der Waals surface area contributed by atoms with Gasteiger partial charge in [-0.05, 0) is 55.0 Å². The van der Waals surface area contributed by atoms with E-state index >= 15 is 0 Å². The van der Waals surface area contributed by atoms with Crippen LogP contribution < -0.4 is 5.73 Å². The fraction of sp³-hybridized carbons (Fsp3) is 0.464. The number of likely N-dealkylation sites (N-methyl/N-ethyl adjacent to an activating group) is 1. The second kappa shape index (κ2) is 11.3. The number of nitrogens with zero attached hydrogens (tertiary/aromatic N) is 3. The van der Waals surface area contributed by atoms with Crippen LogP contribution in [0.25, 0.3) is 0 Å². The highest BCUT2D eigenvalue weighted by Gasteiger charge is 2.41. The molecule has 4 rings (SSSR count). The van der Waals surface area contributed by atoms with Crippen molar-refractivity contribution in [3.05, 3.63) is 70.3 Å². The van der Waals surface area contributed by atoms with Gasteiger partial charge >= 0.3 is 5.97 Å². The van der Waals surface area contributed by atoms with E-state index < -0.39 is 11.5 Å². The van der Waals surface area contributed by atoms with Gasteiger partial charge in [-0.25, -0.2) is 0 Å². The van der Waals surface area contributed by atoms with Crippen LogP contribution in [-0.2, 0) is 21.5 Å². The summed E-state index contributed by atoms with van der Waals surface area (Å²) in [5.74, 6) is -1.08. The maximum absolute atomic E-state index is 13.2. The Balaban J connectivity index is 1.49. The minimum absolute atomic E-state index is 0.0186. The Morgan fingerprint density at radius 2 is 1.83 bits per heavy atom. The topological polar surface area (TPSA) is 108 Å². The molecule has 192 valence electrons. The maximum Gasteiger partial charge on any atom is 0.303 e. The van der Waals surface area contributed by atoms with Gasteiger partial charge in [-0.15, -0.1) is 0 Å². The van der Waals surface area contributed by atoms with E-state index in [0.29, 0.717) is 37.0 Å². The number of fused-ring (bicyclic) bond motifs is 1. The summed E-state index contributed by atoms with van der Waals surface area (Å²) < 4.78 is 5.27. The highest BCUT2D eigenvalue weighted by Crippen LogP contribution is 2.42. The first-order chi connectivity index (χ1) is 17.3. The molecule has 2 unspecified atom stereocenters. The number of hydrogen-bond donors (Lipinski definition) is 2. The first-order valence-corrected chi connectivity index (χ1v) is 12.6. The molecule has 1 aliphatic carbocycles. The Bertz CT molecular complexity index is 1110. The van der Waals surface area contributed by atoms with E-state index in [4.69, 9.17) is 10.5 Å². The van der Waals surface area contributed by atoms with Crippen molar-refractivity contribution < 1.29 is 19.4 Å². The summed E-state index contributed by atoms with van der Waals surface area (Å²) in [7, 11) is 3.73. The molecule has 1 fully saturated rings. The fourth-order valence-electron chi connectivity index (χ4n) is 5.25. The summed E-state index contributed by atoms with van der Waals surface area (Å²) in [4.78, 5) is 27.0. The number of carboxylic acids is 1. The molecular formula is C28H36N4O4. The predicted octanol–water partition coefficient (Wildman–Crippen LogP) is 2.73. The number of hydrazone groups is 1. The van der Waals surface area contributed by atoms with Crippen molar-refractivity contribution in [3.63, 3.8) is 0 Å². The number of ketones is 1. The minimum Gasteiger partial charge on any atom is -0.481 e. The molecule has 1 heterocycles. The SMILES string of the molecule is COCCC1(N)c2ccc(C(=O)c3ccc(C=NN4CCN(C)CC4)cc3)cc2CCC1CC(=O)O. The molecule has 0 amide bonds. The Morgan fingerprint density at radius 1 is 1.14 bits per heavy atom. The lowest BCUT2D eigenvalue weighted by molar-refractivity contribution is -0.139. The van der Waals surface area contributed by atoms with Gasteiger partial charge < -0.3 is 20.5 Å². The molecule has 2 atom stereocenters. The van der Waals surface area contributed by atoms with Gasteiger partial charge in [0.25, 0.3) is 0 Å². The molecule has 0 radical (unpaired) electrons. The second-order valence-electron chi connectivity index (χ2n) is 9.94. The average molecular weight is 493 g/mol. The number of rotatable bonds is 9. The summed E-state index contributed by atoms with van der Waals surface area (Å²) in [6, 6.07) is 13.1. The molecule has 0 bridgehead atoms. The summed E-state index contributed by atoms with van der Waals surface area (Å²) in [5.41, 5.74) is 10.2. The Morgan fingerprint density at radius 3 is 2.50 bits per heavy atom. The zero-order chi connectivity index (χ0) is 25.7. The van der Waals surface area contributed by atoms with E-state index in [-0.39, 0.29) is 18.1 Å². The molecule has 8 nitrogen and oxygen atoms in total. The van der Waals surface area contributed by atoms with Crippen molar-refractivity contribution in [3.8, 4) is 0 Å². The molecule has 0 saturated carbocycles. The van der Waals surface area contributed by atoms with E-state index in [1.165, 1.54) is 0 Å². The van der Waals surface area contributed by atoms with Gasteiger partial charge in [0.15, 0.2) is 5.78 Å². The van der Waals surface area contributed by atoms with Crippen LogP contribution in [0.4, 0.5) is 0 Å². The first kappa shape index (κ1) is 26.0. The monoisotopic (exact) mass is 492 g/mol. The standard InChI is InChI=1S/C28H36N4O4/c1-31-12-14-32(15-13-31)30-19-20-3-5-21(6-4-20)27(35)23-8-10-25-22(17-23)7-9-24(18-26(33)34)28(25,29)11-16-36-2/h3-6,8,10,17,19,24H,7,9,11-16,18,29H2,1-2H3,(H,33,34). The number of benzene rings is 2. The average Bonchev–Trinajstić information content (AvgIpc) is 2.88. The molecular weight excluding hydrogens is 456 g/mol. The van der Waals surface area contributed by atoms with Crippen molar-refractivity contribution in [2.45, 2.75) is 31.2 Å². The minimum atomic E-state index is -0.848. The Kier molecular flexibility index (Phi) is 8.18. The molecule has 2 aliphatic rings. The largest absolute Gasteiger partial charge is 0.481 e. The van der Waals surface area contributed by atoms with Crippen LogP contribution in [0.2, 0.25) is 0 Å². The van der Waals surface area contributed by atoms with Gasteiger partial charge in [0.05, 0.1) is 12.6 Å². The Labute approximate surface area is 212 Å². The lowest BCUT2D eigenvalue weighted by Crippen LogP contribution is -2.49. The van der Waals surface area contributed by atoms with Crippen LogP contribution in [0.5, 0.6) is 0 Å². The fourth-order valence-corrected chi connectivity index (χ4v) is 5.25. The second-order valence-corrected chi connectivity index (χ2v) is 9.94. The van der Waals surface area contributed by atoms with Gasteiger partial charge in [-0.3, -0.25) is 14.6 Å². The molecule has 0 spiro atoms. The van der Waals surface area contributed by atoms with Gasteiger partial charge in [0.2, 0.25) is 0 Å². The quantitative estimate of drug-likeness (QED) is 0.409. The molecule has 0 aromatic heterocycles. The lowest BCUT2D eigenvalue weighted by Gasteiger charge is -2.42. The number of piperazine rings is 1. The number of hydrogen-bond acceptors (Lipinski definition) is 7. The van der Waals surface area contributed by atoms with Crippen molar-refractivity contribution in [2.24, 2.45) is 16.8 Å². The molecule has 3 N–H and O–H groups in total. The summed E-state index contributed by atoms with van der Waals surface area (Å²) >= 11 is 0. The molecule has 1 aliphatic heterocycles. The zero-order valence-electron chi connectivity index (χ0n) is 21.2. The molecule has 2 aromatic rings. The summed E-state index contributed by atoms with van der Waals surface area (Å²) in [6.07, 6.45) is 3.75. The summed E-state index contributed by atoms with van der Waals surface area (Å²) in [6.45, 7) is 4.27. The number of carbonyl (C=O) groups excluding carboxylic acids is 1. The normalized spacial score (nSPS) is 22.5. The van der Waals surface area contributed by atoms with Crippen molar-refractivity contribution in [1.29, 1.82) is 0 Å². The molecule has 36 heavy (non-hydrogen) atoms. The van der Waals surface area contributed by atoms with E-state index in [1.54, 1.807) is 7.11 Å². The van der Waals surface area contributed by atoms with Gasteiger partial charge in [0.1, 0.15) is 0 Å². The van der Waals surface area contributed by atoms with Crippen LogP contribution in [0.15, 0.2) is 47.6 Å². The van der Waals surface area contributed by atoms with E-state index in [0.717, 1.165) is 42.9 Å². The molecule has 1 saturated heterocycles. The zero-order valence-corrected chi connectivity index (χ0v) is 21.2. The third-order valence-electron chi connectivity index (χ3n) is 7.52. The summed E-state index contributed by atoms with van der Waals surface area (Å²) in [5, 5.41) is 16.0. The number of aliphatic carboxylic acids is 1. The van der Waals surface area contributed by atoms with E-state index in [2.05, 4.69) is 22.1 Å². The van der Waals surface area contributed by atoms with Crippen LogP contribution in [-0.4, -0.2) is 79.9 Å². The van der Waals surface area contributed by atoms with Crippen LogP contribution in [0.3, 0.4) is 0 Å². The Hall–Kier alpha value is -3.07. The van der Waals surface area contributed by atoms with Crippen LogP contribution in [0.1, 0.15) is 51.9 Å².